The van der Waals surface area contributed by atoms with Crippen LogP contribution in [0.1, 0.15) is 13.8 Å². The summed E-state index contributed by atoms with van der Waals surface area (Å²) in [5.74, 6) is 0. The third-order valence-electron chi connectivity index (χ3n) is 0.655. The normalized spacial score (nSPS) is 9.69. The molecule has 0 aromatic rings. The molecule has 2 N–H and O–H groups in total. The van der Waals surface area contributed by atoms with Gasteiger partial charge in [0.05, 0.1) is 0 Å². The maximum atomic E-state index is 2.75. The predicted molar refractivity (Wildman–Crippen MR) is 92.9 cm³/mol. The Kier molecular flexibility index (Phi) is 24.3. The van der Waals surface area contributed by atoms with Crippen LogP contribution >= 0.6 is 55.9 Å². The molecule has 0 fully saturated rings. The molecule has 0 heterocycles. The Hall–Kier alpha value is 2.91. The van der Waals surface area contributed by atoms with Gasteiger partial charge in [0.25, 0.3) is 0 Å². The summed E-state index contributed by atoms with van der Waals surface area (Å²) in [4.78, 5) is 0. The predicted octanol–water partition coefficient (Wildman–Crippen LogP) is 3.31. The van der Waals surface area contributed by atoms with Crippen LogP contribution in [0.2, 0.25) is 3.93 Å². The van der Waals surface area contributed by atoms with Gasteiger partial charge in [0, 0.05) is 0 Å². The molecule has 0 aliphatic heterocycles. The fourth-order valence-electron chi connectivity index (χ4n) is 0. The molecule has 0 radical (unpaired) electrons. The van der Waals surface area contributed by atoms with E-state index in [1.54, 1.807) is 0 Å². The molecule has 0 saturated heterocycles. The average Bonchev–Trinajstić information content (AvgIpc) is 1.88. The van der Waals surface area contributed by atoms with Crippen LogP contribution in [0, 0.1) is 0 Å². The van der Waals surface area contributed by atoms with E-state index in [4.69, 9.17) is 0 Å². The summed E-state index contributed by atoms with van der Waals surface area (Å²) in [5, 5.41) is 5.50. The molecule has 0 aromatic heterocycles. The molecule has 6 heteroatoms. The molecule has 0 aromatic carbocycles. The summed E-state index contributed by atoms with van der Waals surface area (Å²) in [6, 6.07) is 0. The second-order valence-electron chi connectivity index (χ2n) is 2.70. The fourth-order valence-corrected chi connectivity index (χ4v) is 0. The molecule has 0 aliphatic carbocycles. The monoisotopic (exact) mass is 634 g/mol. The van der Waals surface area contributed by atoms with Crippen molar-refractivity contribution in [1.82, 2.24) is 10.6 Å². The van der Waals surface area contributed by atoms with E-state index in [0.717, 1.165) is 3.93 Å². The maximum absolute atomic E-state index is 2.75. The zero-order chi connectivity index (χ0) is 11.5. The number of rotatable bonds is 1. The first-order valence-corrected chi connectivity index (χ1v) is 30.6. The van der Waals surface area contributed by atoms with Crippen molar-refractivity contribution in [1.29, 1.82) is 0 Å². The van der Waals surface area contributed by atoms with Crippen LogP contribution in [0.4, 0.5) is 0 Å². The molecule has 84 valence electrons. The molecule has 0 amide bonds. The summed E-state index contributed by atoms with van der Waals surface area (Å²) in [5.41, 5.74) is 0. The second-order valence-corrected chi connectivity index (χ2v) is 84.9. The van der Waals surface area contributed by atoms with Gasteiger partial charge in [-0.15, -0.1) is 0 Å². The van der Waals surface area contributed by atoms with Crippen LogP contribution in [0.15, 0.2) is 0 Å². The molecular weight excluding hydrogens is 612 g/mol. The van der Waals surface area contributed by atoms with Crippen molar-refractivity contribution in [2.75, 3.05) is 28.2 Å². The quantitative estimate of drug-likeness (QED) is 0.343. The molecule has 0 saturated carbocycles. The standard InChI is InChI=1S/C3H7.2C2H7N.3HI.Sn/c3*1-3-2;;;;/h3*3H,1-2H3;3*1H;/q;;;;;;+3/p-3. The van der Waals surface area contributed by atoms with Crippen LogP contribution in [-0.2, 0) is 0 Å². The number of halogens is 3. The van der Waals surface area contributed by atoms with E-state index >= 15 is 0 Å². The van der Waals surface area contributed by atoms with Gasteiger partial charge in [-0.25, -0.2) is 0 Å². The van der Waals surface area contributed by atoms with Crippen molar-refractivity contribution in [3.05, 3.63) is 0 Å². The fraction of sp³-hybridized carbons (Fsp3) is 1.00. The zero-order valence-corrected chi connectivity index (χ0v) is 18.5. The van der Waals surface area contributed by atoms with Crippen LogP contribution in [-0.4, -0.2) is 34.7 Å². The summed E-state index contributed by atoms with van der Waals surface area (Å²) >= 11 is 7.95. The summed E-state index contributed by atoms with van der Waals surface area (Å²) in [7, 11) is 7.50. The van der Waals surface area contributed by atoms with E-state index in [2.05, 4.69) is 80.4 Å². The van der Waals surface area contributed by atoms with E-state index in [9.17, 15) is 0 Å². The molecule has 2 nitrogen and oxygen atoms in total. The van der Waals surface area contributed by atoms with Crippen molar-refractivity contribution >= 4 is 62.4 Å². The molecule has 0 rings (SSSR count). The van der Waals surface area contributed by atoms with Gasteiger partial charge < -0.3 is 10.6 Å². The first-order valence-electron chi connectivity index (χ1n) is 4.01. The Morgan fingerprint density at radius 3 is 0.923 bits per heavy atom. The van der Waals surface area contributed by atoms with Gasteiger partial charge >= 0.3 is 80.2 Å². The van der Waals surface area contributed by atoms with Gasteiger partial charge in [-0.1, -0.05) is 0 Å². The van der Waals surface area contributed by atoms with E-state index < -0.39 is 6.47 Å². The number of hydrogen-bond donors (Lipinski definition) is 2. The van der Waals surface area contributed by atoms with Crippen LogP contribution in [0.5, 0.6) is 0 Å². The Morgan fingerprint density at radius 1 is 0.846 bits per heavy atom. The molecule has 0 unspecified atom stereocenters. The first-order chi connectivity index (χ1) is 5.77. The van der Waals surface area contributed by atoms with Gasteiger partial charge in [-0.2, -0.15) is 0 Å². The summed E-state index contributed by atoms with van der Waals surface area (Å²) in [6.07, 6.45) is 0. The molecular formula is C7H21I3N2Sn. The zero-order valence-electron chi connectivity index (χ0n) is 9.21. The molecule has 0 spiro atoms. The third-order valence-corrected chi connectivity index (χ3v) is 29.5. The van der Waals surface area contributed by atoms with Crippen molar-refractivity contribution in [2.24, 2.45) is 0 Å². The molecule has 0 bridgehead atoms. The van der Waals surface area contributed by atoms with Gasteiger partial charge in [0.1, 0.15) is 0 Å². The second kappa shape index (κ2) is 14.9. The molecule has 0 atom stereocenters. The third kappa shape index (κ3) is 31.3. The first kappa shape index (κ1) is 21.2. The van der Waals surface area contributed by atoms with E-state index in [1.165, 1.54) is 0 Å². The van der Waals surface area contributed by atoms with Gasteiger partial charge in [-0.05, 0) is 28.2 Å². The number of nitrogens with one attached hydrogen (secondary N) is 2. The Morgan fingerprint density at radius 2 is 0.923 bits per heavy atom. The minimum absolute atomic E-state index is 0.969. The van der Waals surface area contributed by atoms with Gasteiger partial charge in [0.15, 0.2) is 0 Å². The molecule has 13 heavy (non-hydrogen) atoms. The van der Waals surface area contributed by atoms with E-state index in [1.807, 2.05) is 28.2 Å². The van der Waals surface area contributed by atoms with Crippen molar-refractivity contribution < 1.29 is 0 Å². The van der Waals surface area contributed by atoms with Crippen LogP contribution < -0.4 is 10.6 Å². The summed E-state index contributed by atoms with van der Waals surface area (Å²) < 4.78 is 0.969. The van der Waals surface area contributed by atoms with E-state index in [-0.39, 0.29) is 0 Å². The van der Waals surface area contributed by atoms with Crippen molar-refractivity contribution in [3.63, 3.8) is 0 Å². The minimum atomic E-state index is -1.46. The Labute approximate surface area is 117 Å². The SMILES string of the molecule is CNC.CNC.C[CH](C)[Sn]([I])([I])[I]. The molecule has 0 aliphatic rings. The van der Waals surface area contributed by atoms with Crippen molar-refractivity contribution in [2.45, 2.75) is 17.8 Å². The summed E-state index contributed by atoms with van der Waals surface area (Å²) in [6.45, 7) is 3.18. The van der Waals surface area contributed by atoms with Gasteiger partial charge in [-0.3, -0.25) is 0 Å². The Bertz CT molecular complexity index is 84.3. The van der Waals surface area contributed by atoms with Gasteiger partial charge in [0.2, 0.25) is 0 Å². The van der Waals surface area contributed by atoms with Crippen LogP contribution in [0.3, 0.4) is 0 Å². The van der Waals surface area contributed by atoms with E-state index in [0.29, 0.717) is 0 Å². The van der Waals surface area contributed by atoms with Crippen molar-refractivity contribution in [3.8, 4) is 0 Å². The number of hydrogen-bond acceptors (Lipinski definition) is 2. The van der Waals surface area contributed by atoms with Crippen LogP contribution in [0.25, 0.3) is 0 Å². The Balaban J connectivity index is -0.000000140. The average molecular weight is 633 g/mol. The topological polar surface area (TPSA) is 24.1 Å².